The Morgan fingerprint density at radius 1 is 1.04 bits per heavy atom. The topological polar surface area (TPSA) is 56.8 Å². The predicted molar refractivity (Wildman–Crippen MR) is 98.1 cm³/mol. The zero-order valence-electron chi connectivity index (χ0n) is 14.5. The van der Waals surface area contributed by atoms with Crippen molar-refractivity contribution in [3.63, 3.8) is 0 Å². The van der Waals surface area contributed by atoms with Gasteiger partial charge < -0.3 is 19.5 Å². The van der Waals surface area contributed by atoms with E-state index in [2.05, 4.69) is 5.32 Å². The Labute approximate surface area is 148 Å². The first-order valence-corrected chi connectivity index (χ1v) is 8.08. The number of hydrogen-bond donors (Lipinski definition) is 1. The van der Waals surface area contributed by atoms with Gasteiger partial charge in [0.05, 0.1) is 20.8 Å². The molecule has 0 heterocycles. The quantitative estimate of drug-likeness (QED) is 0.562. The van der Waals surface area contributed by atoms with Crippen molar-refractivity contribution in [2.75, 3.05) is 27.4 Å². The molecule has 0 aliphatic rings. The molecule has 5 heteroatoms. The number of rotatable bonds is 9. The molecule has 2 rings (SSSR count). The third-order valence-electron chi connectivity index (χ3n) is 3.48. The van der Waals surface area contributed by atoms with Crippen LogP contribution in [0.4, 0.5) is 0 Å². The Hall–Kier alpha value is -2.95. The summed E-state index contributed by atoms with van der Waals surface area (Å²) in [4.78, 5) is 11.9. The van der Waals surface area contributed by atoms with Crippen molar-refractivity contribution < 1.29 is 19.0 Å². The van der Waals surface area contributed by atoms with Gasteiger partial charge in [-0.15, -0.1) is 0 Å². The zero-order chi connectivity index (χ0) is 17.9. The average Bonchev–Trinajstić information content (AvgIpc) is 2.66. The maximum Gasteiger partial charge on any atom is 0.244 e. The van der Waals surface area contributed by atoms with E-state index in [0.717, 1.165) is 17.7 Å². The number of nitrogens with one attached hydrogen (secondary N) is 1. The van der Waals surface area contributed by atoms with Gasteiger partial charge in [-0.25, -0.2) is 0 Å². The van der Waals surface area contributed by atoms with Crippen LogP contribution in [0.3, 0.4) is 0 Å². The summed E-state index contributed by atoms with van der Waals surface area (Å²) in [5, 5.41) is 2.83. The molecule has 1 N–H and O–H groups in total. The highest BCUT2D eigenvalue weighted by Crippen LogP contribution is 2.24. The Kier molecular flexibility index (Phi) is 7.38. The van der Waals surface area contributed by atoms with E-state index >= 15 is 0 Å². The smallest absolute Gasteiger partial charge is 0.244 e. The molecule has 2 aromatic rings. The summed E-state index contributed by atoms with van der Waals surface area (Å²) in [5.41, 5.74) is 0.782. The summed E-state index contributed by atoms with van der Waals surface area (Å²) >= 11 is 0. The molecular formula is C20H23NO4. The van der Waals surface area contributed by atoms with Gasteiger partial charge in [-0.05, 0) is 42.8 Å². The second kappa shape index (κ2) is 10.0. The van der Waals surface area contributed by atoms with Crippen LogP contribution in [0, 0.1) is 0 Å². The first-order chi connectivity index (χ1) is 12.2. The molecule has 0 aliphatic heterocycles. The molecule has 0 aromatic heterocycles. The largest absolute Gasteiger partial charge is 0.497 e. The Balaban J connectivity index is 1.75. The Bertz CT molecular complexity index is 698. The summed E-state index contributed by atoms with van der Waals surface area (Å²) in [7, 11) is 3.19. The third kappa shape index (κ3) is 6.22. The fourth-order valence-electron chi connectivity index (χ4n) is 2.18. The van der Waals surface area contributed by atoms with Gasteiger partial charge >= 0.3 is 0 Å². The highest BCUT2D eigenvalue weighted by Gasteiger charge is 2.03. The molecule has 0 aliphatic carbocycles. The molecule has 132 valence electrons. The third-order valence-corrected chi connectivity index (χ3v) is 3.48. The molecule has 1 amide bonds. The summed E-state index contributed by atoms with van der Waals surface area (Å²) in [5.74, 6) is 2.06. The van der Waals surface area contributed by atoms with Crippen LogP contribution in [0.1, 0.15) is 12.0 Å². The average molecular weight is 341 g/mol. The minimum Gasteiger partial charge on any atom is -0.497 e. The van der Waals surface area contributed by atoms with Crippen LogP contribution in [-0.4, -0.2) is 33.3 Å². The standard InChI is InChI=1S/C20H23NO4/c1-23-18-10-11-19(24-2)16(15-18)9-12-20(22)21-13-6-14-25-17-7-4-3-5-8-17/h3-5,7-12,15H,6,13-14H2,1-2H3,(H,21,22)/b12-9+. The van der Waals surface area contributed by atoms with E-state index < -0.39 is 0 Å². The van der Waals surface area contributed by atoms with Gasteiger partial charge in [-0.3, -0.25) is 4.79 Å². The maximum absolute atomic E-state index is 11.9. The number of methoxy groups -OCH3 is 2. The summed E-state index contributed by atoms with van der Waals surface area (Å²) in [6.07, 6.45) is 3.92. The number of benzene rings is 2. The number of amides is 1. The van der Waals surface area contributed by atoms with Gasteiger partial charge in [0.15, 0.2) is 0 Å². The number of ether oxygens (including phenoxy) is 3. The van der Waals surface area contributed by atoms with Crippen molar-refractivity contribution >= 4 is 12.0 Å². The van der Waals surface area contributed by atoms with Crippen LogP contribution in [0.5, 0.6) is 17.2 Å². The molecule has 25 heavy (non-hydrogen) atoms. The highest BCUT2D eigenvalue weighted by atomic mass is 16.5. The van der Waals surface area contributed by atoms with E-state index in [1.807, 2.05) is 42.5 Å². The van der Waals surface area contributed by atoms with Crippen LogP contribution >= 0.6 is 0 Å². The monoisotopic (exact) mass is 341 g/mol. The van der Waals surface area contributed by atoms with Gasteiger partial charge in [0, 0.05) is 18.2 Å². The van der Waals surface area contributed by atoms with Gasteiger partial charge in [0.25, 0.3) is 0 Å². The van der Waals surface area contributed by atoms with Crippen molar-refractivity contribution in [1.82, 2.24) is 5.32 Å². The number of hydrogen-bond acceptors (Lipinski definition) is 4. The molecule has 0 saturated carbocycles. The second-order valence-corrected chi connectivity index (χ2v) is 5.25. The van der Waals surface area contributed by atoms with Crippen LogP contribution in [-0.2, 0) is 4.79 Å². The number of para-hydroxylation sites is 1. The molecule has 0 saturated heterocycles. The SMILES string of the molecule is COc1ccc(OC)c(/C=C/C(=O)NCCCOc2ccccc2)c1. The van der Waals surface area contributed by atoms with Crippen molar-refractivity contribution in [1.29, 1.82) is 0 Å². The summed E-state index contributed by atoms with van der Waals surface area (Å²) < 4.78 is 16.0. The van der Waals surface area contributed by atoms with Crippen LogP contribution in [0.25, 0.3) is 6.08 Å². The normalized spacial score (nSPS) is 10.5. The molecule has 0 atom stereocenters. The number of carbonyl (C=O) groups excluding carboxylic acids is 1. The van der Waals surface area contributed by atoms with E-state index in [0.29, 0.717) is 24.7 Å². The molecule has 0 fully saturated rings. The minimum absolute atomic E-state index is 0.162. The van der Waals surface area contributed by atoms with Crippen molar-refractivity contribution in [3.8, 4) is 17.2 Å². The summed E-state index contributed by atoms with van der Waals surface area (Å²) in [6, 6.07) is 15.0. The molecule has 0 radical (unpaired) electrons. The van der Waals surface area contributed by atoms with Crippen LogP contribution in [0.2, 0.25) is 0 Å². The lowest BCUT2D eigenvalue weighted by atomic mass is 10.1. The first-order valence-electron chi connectivity index (χ1n) is 8.08. The fourth-order valence-corrected chi connectivity index (χ4v) is 2.18. The molecule has 0 spiro atoms. The number of carbonyl (C=O) groups is 1. The highest BCUT2D eigenvalue weighted by molar-refractivity contribution is 5.92. The van der Waals surface area contributed by atoms with Gasteiger partial charge in [0.2, 0.25) is 5.91 Å². The van der Waals surface area contributed by atoms with Crippen molar-refractivity contribution in [3.05, 3.63) is 60.2 Å². The summed E-state index contributed by atoms with van der Waals surface area (Å²) in [6.45, 7) is 1.10. The lowest BCUT2D eigenvalue weighted by Crippen LogP contribution is -2.23. The first kappa shape index (κ1) is 18.4. The van der Waals surface area contributed by atoms with Crippen LogP contribution < -0.4 is 19.5 Å². The van der Waals surface area contributed by atoms with E-state index in [1.54, 1.807) is 26.4 Å². The Morgan fingerprint density at radius 3 is 2.56 bits per heavy atom. The second-order valence-electron chi connectivity index (χ2n) is 5.25. The maximum atomic E-state index is 11.9. The van der Waals surface area contributed by atoms with Gasteiger partial charge in [-0.2, -0.15) is 0 Å². The molecule has 2 aromatic carbocycles. The van der Waals surface area contributed by atoms with Gasteiger partial charge in [-0.1, -0.05) is 18.2 Å². The van der Waals surface area contributed by atoms with Crippen molar-refractivity contribution in [2.45, 2.75) is 6.42 Å². The van der Waals surface area contributed by atoms with Crippen molar-refractivity contribution in [2.24, 2.45) is 0 Å². The molecular weight excluding hydrogens is 318 g/mol. The van der Waals surface area contributed by atoms with E-state index in [9.17, 15) is 4.79 Å². The van der Waals surface area contributed by atoms with E-state index in [4.69, 9.17) is 14.2 Å². The lowest BCUT2D eigenvalue weighted by molar-refractivity contribution is -0.116. The molecule has 0 bridgehead atoms. The molecule has 5 nitrogen and oxygen atoms in total. The predicted octanol–water partition coefficient (Wildman–Crippen LogP) is 3.30. The molecule has 0 unspecified atom stereocenters. The zero-order valence-corrected chi connectivity index (χ0v) is 14.5. The lowest BCUT2D eigenvalue weighted by Gasteiger charge is -2.07. The fraction of sp³-hybridized carbons (Fsp3) is 0.250. The van der Waals surface area contributed by atoms with E-state index in [-0.39, 0.29) is 5.91 Å². The van der Waals surface area contributed by atoms with Crippen LogP contribution in [0.15, 0.2) is 54.6 Å². The van der Waals surface area contributed by atoms with Gasteiger partial charge in [0.1, 0.15) is 17.2 Å². The van der Waals surface area contributed by atoms with E-state index in [1.165, 1.54) is 6.08 Å². The minimum atomic E-state index is -0.162. The Morgan fingerprint density at radius 2 is 1.84 bits per heavy atom.